The van der Waals surface area contributed by atoms with Crippen molar-refractivity contribution in [2.75, 3.05) is 39.6 Å². The Balaban J connectivity index is 5.19. The van der Waals surface area contributed by atoms with Gasteiger partial charge in [-0.2, -0.15) is 0 Å². The number of phosphoric ester groups is 2. The minimum Gasteiger partial charge on any atom is -0.462 e. The van der Waals surface area contributed by atoms with Gasteiger partial charge in [-0.15, -0.1) is 0 Å². The van der Waals surface area contributed by atoms with Crippen LogP contribution in [0.25, 0.3) is 0 Å². The average molecular weight is 1400 g/mol. The highest BCUT2D eigenvalue weighted by atomic mass is 31.2. The van der Waals surface area contributed by atoms with Gasteiger partial charge in [0.05, 0.1) is 26.4 Å². The molecule has 0 spiro atoms. The lowest BCUT2D eigenvalue weighted by Crippen LogP contribution is -2.30. The van der Waals surface area contributed by atoms with Gasteiger partial charge < -0.3 is 33.8 Å². The van der Waals surface area contributed by atoms with E-state index >= 15 is 0 Å². The predicted octanol–water partition coefficient (Wildman–Crippen LogP) is 22.0. The molecule has 0 bridgehead atoms. The van der Waals surface area contributed by atoms with Gasteiger partial charge in [0, 0.05) is 25.7 Å². The van der Waals surface area contributed by atoms with Crippen LogP contribution in [0.4, 0.5) is 0 Å². The van der Waals surface area contributed by atoms with E-state index in [0.29, 0.717) is 31.6 Å². The number of rotatable bonds is 73. The van der Waals surface area contributed by atoms with Crippen molar-refractivity contribution < 1.29 is 80.2 Å². The molecule has 19 heteroatoms. The average Bonchev–Trinajstić information content (AvgIpc) is 1.64. The molecule has 564 valence electrons. The number of carbonyl (C=O) groups is 4. The first-order valence-corrected chi connectivity index (χ1v) is 42.3. The minimum atomic E-state index is -4.96. The second-order valence-electron chi connectivity index (χ2n) is 28.8. The summed E-state index contributed by atoms with van der Waals surface area (Å²) in [6.45, 7) is 14.2. The predicted molar refractivity (Wildman–Crippen MR) is 386 cm³/mol. The van der Waals surface area contributed by atoms with Crippen molar-refractivity contribution in [2.45, 2.75) is 401 Å². The molecule has 3 N–H and O–H groups in total. The zero-order valence-electron chi connectivity index (χ0n) is 62.3. The molecule has 0 aliphatic heterocycles. The summed E-state index contributed by atoms with van der Waals surface area (Å²) in [7, 11) is -9.91. The van der Waals surface area contributed by atoms with Gasteiger partial charge in [0.1, 0.15) is 19.3 Å². The Morgan fingerprint density at radius 2 is 0.505 bits per heavy atom. The fourth-order valence-electron chi connectivity index (χ4n) is 11.5. The van der Waals surface area contributed by atoms with Crippen molar-refractivity contribution >= 4 is 39.5 Å². The molecule has 0 aliphatic carbocycles. The molecule has 0 rings (SSSR count). The molecule has 0 amide bonds. The molecular formula is C76H148O17P2. The number of aliphatic hydroxyl groups excluding tert-OH is 1. The lowest BCUT2D eigenvalue weighted by Gasteiger charge is -2.21. The summed E-state index contributed by atoms with van der Waals surface area (Å²) in [5, 5.41) is 10.6. The number of aliphatic hydroxyl groups is 1. The van der Waals surface area contributed by atoms with Crippen LogP contribution in [0.5, 0.6) is 0 Å². The second kappa shape index (κ2) is 65.4. The maximum absolute atomic E-state index is 13.1. The van der Waals surface area contributed by atoms with E-state index in [4.69, 9.17) is 37.0 Å². The SMILES string of the molecule is CCC(C)CCCCCCCCCCCCCCCCC(=O)OC[C@H](COP(=O)(O)OCC(O)COP(=O)(O)OC[C@@H](COC(=O)CCCCCCCCCC(C)C)OC(=O)CCCCCCCCCCCCCCCCC(C)C)OC(=O)CCCCCCCCC(C)CC. The van der Waals surface area contributed by atoms with Crippen molar-refractivity contribution in [1.29, 1.82) is 0 Å². The summed E-state index contributed by atoms with van der Waals surface area (Å²) in [5.74, 6) is 0.946. The van der Waals surface area contributed by atoms with E-state index in [1.54, 1.807) is 0 Å². The van der Waals surface area contributed by atoms with E-state index in [2.05, 4.69) is 55.4 Å². The molecule has 0 saturated heterocycles. The molecular weight excluding hydrogens is 1250 g/mol. The fourth-order valence-corrected chi connectivity index (χ4v) is 13.1. The Morgan fingerprint density at radius 1 is 0.295 bits per heavy atom. The Morgan fingerprint density at radius 3 is 0.747 bits per heavy atom. The van der Waals surface area contributed by atoms with Gasteiger partial charge in [0.25, 0.3) is 0 Å². The second-order valence-corrected chi connectivity index (χ2v) is 31.7. The third-order valence-corrected chi connectivity index (χ3v) is 20.2. The first-order chi connectivity index (χ1) is 45.7. The van der Waals surface area contributed by atoms with Crippen LogP contribution >= 0.6 is 15.6 Å². The van der Waals surface area contributed by atoms with Crippen molar-refractivity contribution in [1.82, 2.24) is 0 Å². The number of hydrogen-bond acceptors (Lipinski definition) is 15. The zero-order chi connectivity index (χ0) is 70.3. The quantitative estimate of drug-likeness (QED) is 0.0222. The Kier molecular flexibility index (Phi) is 64.0. The maximum atomic E-state index is 13.1. The van der Waals surface area contributed by atoms with Crippen LogP contribution in [-0.4, -0.2) is 96.7 Å². The molecule has 0 heterocycles. The third-order valence-electron chi connectivity index (χ3n) is 18.3. The highest BCUT2D eigenvalue weighted by Gasteiger charge is 2.30. The molecule has 95 heavy (non-hydrogen) atoms. The summed E-state index contributed by atoms with van der Waals surface area (Å²) in [6.07, 6.45) is 50.1. The third kappa shape index (κ3) is 67.6. The number of phosphoric acid groups is 2. The largest absolute Gasteiger partial charge is 0.472 e. The smallest absolute Gasteiger partial charge is 0.462 e. The van der Waals surface area contributed by atoms with Gasteiger partial charge >= 0.3 is 39.5 Å². The molecule has 0 aliphatic rings. The fraction of sp³-hybridized carbons (Fsp3) is 0.947. The molecule has 0 aromatic rings. The van der Waals surface area contributed by atoms with Gasteiger partial charge in [0.15, 0.2) is 12.2 Å². The van der Waals surface area contributed by atoms with Crippen molar-refractivity contribution in [3.05, 3.63) is 0 Å². The van der Waals surface area contributed by atoms with Gasteiger partial charge in [-0.3, -0.25) is 37.3 Å². The van der Waals surface area contributed by atoms with E-state index in [0.717, 1.165) is 114 Å². The van der Waals surface area contributed by atoms with E-state index in [9.17, 15) is 43.2 Å². The first-order valence-electron chi connectivity index (χ1n) is 39.3. The molecule has 0 radical (unpaired) electrons. The van der Waals surface area contributed by atoms with Gasteiger partial charge in [0.2, 0.25) is 0 Å². The normalized spacial score (nSPS) is 14.7. The van der Waals surface area contributed by atoms with Crippen LogP contribution in [-0.2, 0) is 65.4 Å². The summed E-state index contributed by atoms with van der Waals surface area (Å²) < 4.78 is 68.5. The van der Waals surface area contributed by atoms with Gasteiger partial charge in [-0.25, -0.2) is 9.13 Å². The lowest BCUT2D eigenvalue weighted by atomic mass is 9.99. The Bertz CT molecular complexity index is 1870. The summed E-state index contributed by atoms with van der Waals surface area (Å²) >= 11 is 0. The summed E-state index contributed by atoms with van der Waals surface area (Å²) in [5.41, 5.74) is 0. The maximum Gasteiger partial charge on any atom is 0.472 e. The van der Waals surface area contributed by atoms with Crippen LogP contribution in [0.3, 0.4) is 0 Å². The van der Waals surface area contributed by atoms with Crippen LogP contribution in [0.2, 0.25) is 0 Å². The topological polar surface area (TPSA) is 237 Å². The van der Waals surface area contributed by atoms with Crippen LogP contribution in [0, 0.1) is 23.7 Å². The molecule has 0 aromatic heterocycles. The molecule has 0 aromatic carbocycles. The van der Waals surface area contributed by atoms with Gasteiger partial charge in [-0.1, -0.05) is 331 Å². The highest BCUT2D eigenvalue weighted by Crippen LogP contribution is 2.45. The van der Waals surface area contributed by atoms with E-state index in [1.807, 2.05) is 0 Å². The van der Waals surface area contributed by atoms with Crippen molar-refractivity contribution in [2.24, 2.45) is 23.7 Å². The minimum absolute atomic E-state index is 0.103. The zero-order valence-corrected chi connectivity index (χ0v) is 64.1. The number of hydrogen-bond donors (Lipinski definition) is 3. The number of unbranched alkanes of at least 4 members (excludes halogenated alkanes) is 37. The number of ether oxygens (including phenoxy) is 4. The Hall–Kier alpha value is -1.94. The number of esters is 4. The van der Waals surface area contributed by atoms with Crippen LogP contribution in [0.15, 0.2) is 0 Å². The molecule has 5 unspecified atom stereocenters. The molecule has 0 fully saturated rings. The summed E-state index contributed by atoms with van der Waals surface area (Å²) in [6, 6.07) is 0. The van der Waals surface area contributed by atoms with E-state index in [1.165, 1.54) is 180 Å². The van der Waals surface area contributed by atoms with Gasteiger partial charge in [-0.05, 0) is 49.4 Å². The van der Waals surface area contributed by atoms with Crippen molar-refractivity contribution in [3.8, 4) is 0 Å². The van der Waals surface area contributed by atoms with Crippen molar-refractivity contribution in [3.63, 3.8) is 0 Å². The Labute approximate surface area is 581 Å². The number of carbonyl (C=O) groups excluding carboxylic acids is 4. The molecule has 17 nitrogen and oxygen atoms in total. The van der Waals surface area contributed by atoms with E-state index in [-0.39, 0.29) is 25.7 Å². The monoisotopic (exact) mass is 1400 g/mol. The molecule has 0 saturated carbocycles. The van der Waals surface area contributed by atoms with E-state index < -0.39 is 97.5 Å². The first kappa shape index (κ1) is 93.1. The highest BCUT2D eigenvalue weighted by molar-refractivity contribution is 7.47. The lowest BCUT2D eigenvalue weighted by molar-refractivity contribution is -0.161. The van der Waals surface area contributed by atoms with Crippen LogP contribution in [0.1, 0.15) is 383 Å². The van der Waals surface area contributed by atoms with Crippen LogP contribution < -0.4 is 0 Å². The summed E-state index contributed by atoms with van der Waals surface area (Å²) in [4.78, 5) is 72.8. The molecule has 7 atom stereocenters. The standard InChI is InChI=1S/C76H148O17P2/c1-9-68(7)54-46-38-30-24-20-16-12-14-17-21-25-31-40-48-56-73(78)86-63-72(93-76(81)59-51-43-35-34-39-47-55-69(8)10-2)65-91-95(84,85)89-61-70(77)60-88-94(82,83)90-64-71(62-87-74(79)57-49-41-33-27-29-37-45-53-67(5)6)92-75(80)58-50-42-32-26-22-18-13-11-15-19-23-28-36-44-52-66(3)4/h66-72,77H,9-65H2,1-8H3,(H,82,83)(H,84,85)/t68?,69?,70?,71-,72-/m1/s1.